The Morgan fingerprint density at radius 2 is 1.67 bits per heavy atom. The van der Waals surface area contributed by atoms with Gasteiger partial charge in [-0.15, -0.1) is 0 Å². The number of imide groups is 1. The molecule has 0 spiro atoms. The molecule has 3 aromatic carbocycles. The van der Waals surface area contributed by atoms with Crippen LogP contribution in [0.25, 0.3) is 0 Å². The van der Waals surface area contributed by atoms with E-state index in [4.69, 9.17) is 27.9 Å². The molecule has 3 amide bonds. The number of esters is 1. The van der Waals surface area contributed by atoms with Crippen molar-refractivity contribution < 1.29 is 28.3 Å². The Bertz CT molecular complexity index is 1910. The molecular formula is C31H22Cl2FN3O6S2. The molecule has 6 rings (SSSR count). The van der Waals surface area contributed by atoms with Crippen LogP contribution in [0, 0.1) is 11.7 Å². The van der Waals surface area contributed by atoms with E-state index in [2.05, 4.69) is 5.32 Å². The number of rotatable bonds is 7. The van der Waals surface area contributed by atoms with Gasteiger partial charge in [0.2, 0.25) is 17.7 Å². The molecule has 2 unspecified atom stereocenters. The maximum Gasteiger partial charge on any atom is 0.338 e. The van der Waals surface area contributed by atoms with Gasteiger partial charge in [-0.25, -0.2) is 14.1 Å². The van der Waals surface area contributed by atoms with Crippen molar-refractivity contribution in [2.45, 2.75) is 29.7 Å². The van der Waals surface area contributed by atoms with Gasteiger partial charge >= 0.3 is 10.8 Å². The summed E-state index contributed by atoms with van der Waals surface area (Å²) in [5.41, 5.74) is 1.46. The Labute approximate surface area is 273 Å². The molecule has 9 nitrogen and oxygen atoms in total. The molecule has 0 radical (unpaired) electrons. The van der Waals surface area contributed by atoms with Crippen LogP contribution in [0.3, 0.4) is 0 Å². The third kappa shape index (κ3) is 5.79. The van der Waals surface area contributed by atoms with Gasteiger partial charge in [0.05, 0.1) is 38.8 Å². The van der Waals surface area contributed by atoms with E-state index in [0.717, 1.165) is 28.0 Å². The van der Waals surface area contributed by atoms with Gasteiger partial charge in [0.1, 0.15) is 17.6 Å². The Kier molecular flexibility index (Phi) is 8.57. The maximum absolute atomic E-state index is 14.0. The molecule has 45 heavy (non-hydrogen) atoms. The summed E-state index contributed by atoms with van der Waals surface area (Å²) >= 11 is 14.0. The second kappa shape index (κ2) is 12.4. The predicted molar refractivity (Wildman–Crippen MR) is 170 cm³/mol. The van der Waals surface area contributed by atoms with Gasteiger partial charge < -0.3 is 10.1 Å². The van der Waals surface area contributed by atoms with Gasteiger partial charge in [-0.05, 0) is 67.1 Å². The minimum absolute atomic E-state index is 0.196. The Hall–Kier alpha value is -3.97. The number of nitrogens with zero attached hydrogens (tertiary/aromatic N) is 2. The predicted octanol–water partition coefficient (Wildman–Crippen LogP) is 5.97. The highest BCUT2D eigenvalue weighted by molar-refractivity contribution is 8.00. The molecule has 1 N–H and O–H groups in total. The topological polar surface area (TPSA) is 115 Å². The number of fused-ring (bicyclic) bond motifs is 2. The van der Waals surface area contributed by atoms with E-state index >= 15 is 0 Å². The van der Waals surface area contributed by atoms with Crippen LogP contribution in [0.2, 0.25) is 10.0 Å². The normalized spacial score (nSPS) is 18.8. The van der Waals surface area contributed by atoms with Crippen LogP contribution in [0.4, 0.5) is 15.8 Å². The molecule has 3 atom stereocenters. The van der Waals surface area contributed by atoms with Crippen LogP contribution in [0.1, 0.15) is 33.6 Å². The Morgan fingerprint density at radius 1 is 0.956 bits per heavy atom. The lowest BCUT2D eigenvalue weighted by Gasteiger charge is -2.30. The van der Waals surface area contributed by atoms with Gasteiger partial charge in [0, 0.05) is 16.5 Å². The largest absolute Gasteiger partial charge is 0.462 e. The van der Waals surface area contributed by atoms with E-state index in [0.29, 0.717) is 26.2 Å². The fourth-order valence-corrected chi connectivity index (χ4v) is 8.49. The minimum Gasteiger partial charge on any atom is -0.462 e. The lowest BCUT2D eigenvalue weighted by molar-refractivity contribution is -0.122. The van der Waals surface area contributed by atoms with E-state index in [-0.39, 0.29) is 29.4 Å². The average molecular weight is 687 g/mol. The number of aromatic nitrogens is 1. The fraction of sp³-hybridized carbons (Fsp3) is 0.194. The summed E-state index contributed by atoms with van der Waals surface area (Å²) in [5, 5.41) is 2.69. The van der Waals surface area contributed by atoms with Crippen molar-refractivity contribution in [1.29, 1.82) is 0 Å². The fourth-order valence-electron chi connectivity index (χ4n) is 5.42. The molecule has 14 heteroatoms. The quantitative estimate of drug-likeness (QED) is 0.188. The summed E-state index contributed by atoms with van der Waals surface area (Å²) in [6, 6.07) is 16.1. The Morgan fingerprint density at radius 3 is 2.33 bits per heavy atom. The number of anilines is 2. The summed E-state index contributed by atoms with van der Waals surface area (Å²) < 4.78 is 20.2. The zero-order valence-electron chi connectivity index (χ0n) is 23.3. The lowest BCUT2D eigenvalue weighted by Crippen LogP contribution is -2.33. The first-order valence-corrected chi connectivity index (χ1v) is 16.1. The van der Waals surface area contributed by atoms with Gasteiger partial charge in [-0.1, -0.05) is 58.4 Å². The smallest absolute Gasteiger partial charge is 0.338 e. The number of thiazole rings is 1. The highest BCUT2D eigenvalue weighted by Gasteiger charge is 2.56. The van der Waals surface area contributed by atoms with E-state index in [1.54, 1.807) is 13.0 Å². The van der Waals surface area contributed by atoms with Crippen molar-refractivity contribution >= 4 is 81.4 Å². The van der Waals surface area contributed by atoms with Crippen molar-refractivity contribution in [2.75, 3.05) is 16.8 Å². The Balaban J connectivity index is 1.36. The van der Waals surface area contributed by atoms with Crippen molar-refractivity contribution in [3.8, 4) is 0 Å². The molecule has 2 aliphatic heterocycles. The highest BCUT2D eigenvalue weighted by Crippen LogP contribution is 2.53. The van der Waals surface area contributed by atoms with Crippen LogP contribution in [-0.4, -0.2) is 40.1 Å². The van der Waals surface area contributed by atoms with Crippen LogP contribution in [0.15, 0.2) is 76.6 Å². The number of halogens is 3. The number of benzene rings is 3. The van der Waals surface area contributed by atoms with Crippen LogP contribution in [-0.2, 0) is 25.7 Å². The van der Waals surface area contributed by atoms with E-state index in [9.17, 15) is 28.4 Å². The van der Waals surface area contributed by atoms with Crippen LogP contribution in [0.5, 0.6) is 0 Å². The summed E-state index contributed by atoms with van der Waals surface area (Å²) in [5.74, 6) is -4.22. The molecule has 4 aromatic rings. The highest BCUT2D eigenvalue weighted by atomic mass is 35.5. The first kappa shape index (κ1) is 31.0. The third-order valence-electron chi connectivity index (χ3n) is 7.42. The molecule has 1 fully saturated rings. The number of ether oxygens (including phenoxy) is 1. The standard InChI is InChI=1S/C31H22Cl2FN3O6S2/c1-2-43-30(41)16-5-10-19(11-6-16)37-27(39)24-23(15-3-7-17(34)8-4-15)26-29(44-25(24)28(37)40)36(31(42)45-26)14-22(38)35-18-9-12-20(32)21(33)13-18/h3-13,23-25H,2,14H2,1H3,(H,35,38)/t23-,24?,25?/m1/s1. The molecule has 3 heterocycles. The molecule has 1 aromatic heterocycles. The van der Waals surface area contributed by atoms with E-state index in [1.807, 2.05) is 0 Å². The van der Waals surface area contributed by atoms with Gasteiger partial charge in [-0.2, -0.15) is 0 Å². The third-order valence-corrected chi connectivity index (χ3v) is 10.8. The minimum atomic E-state index is -0.942. The average Bonchev–Trinajstić information content (AvgIpc) is 3.46. The van der Waals surface area contributed by atoms with Gasteiger partial charge in [-0.3, -0.25) is 23.7 Å². The van der Waals surface area contributed by atoms with Gasteiger partial charge in [0.25, 0.3) is 0 Å². The number of amides is 3. The van der Waals surface area contributed by atoms with Crippen molar-refractivity contribution in [3.63, 3.8) is 0 Å². The summed E-state index contributed by atoms with van der Waals surface area (Å²) in [4.78, 5) is 67.5. The summed E-state index contributed by atoms with van der Waals surface area (Å²) in [6.45, 7) is 1.51. The monoisotopic (exact) mass is 685 g/mol. The van der Waals surface area contributed by atoms with E-state index < -0.39 is 51.5 Å². The van der Waals surface area contributed by atoms with Gasteiger partial charge in [0.15, 0.2) is 0 Å². The SMILES string of the molecule is CCOC(=O)c1ccc(N2C(=O)C3Sc4c(sc(=O)n4CC(=O)Nc4ccc(Cl)c(Cl)c4)[C@H](c4ccc(F)cc4)C3C2=O)cc1. The van der Waals surface area contributed by atoms with Crippen molar-refractivity contribution in [1.82, 2.24) is 4.57 Å². The number of nitrogens with one attached hydrogen (secondary N) is 1. The van der Waals surface area contributed by atoms with Crippen molar-refractivity contribution in [3.05, 3.63) is 108 Å². The van der Waals surface area contributed by atoms with E-state index in [1.165, 1.54) is 65.2 Å². The van der Waals surface area contributed by atoms with Crippen LogP contribution < -0.4 is 15.1 Å². The number of hydrogen-bond donors (Lipinski definition) is 1. The number of hydrogen-bond acceptors (Lipinski definition) is 8. The first-order chi connectivity index (χ1) is 21.6. The molecule has 0 aliphatic carbocycles. The summed E-state index contributed by atoms with van der Waals surface area (Å²) in [6.07, 6.45) is 0. The molecule has 0 saturated carbocycles. The molecular weight excluding hydrogens is 664 g/mol. The number of carbonyl (C=O) groups excluding carboxylic acids is 4. The lowest BCUT2D eigenvalue weighted by atomic mass is 9.83. The van der Waals surface area contributed by atoms with Crippen molar-refractivity contribution in [2.24, 2.45) is 5.92 Å². The first-order valence-electron chi connectivity index (χ1n) is 13.6. The number of carbonyl (C=O) groups is 4. The second-order valence-corrected chi connectivity index (χ2v) is 13.1. The maximum atomic E-state index is 14.0. The molecule has 230 valence electrons. The second-order valence-electron chi connectivity index (χ2n) is 10.2. The summed E-state index contributed by atoms with van der Waals surface area (Å²) in [7, 11) is 0. The zero-order chi connectivity index (χ0) is 32.0. The number of thioether (sulfide) groups is 1. The zero-order valence-corrected chi connectivity index (χ0v) is 26.4. The molecule has 2 aliphatic rings. The van der Waals surface area contributed by atoms with Crippen LogP contribution >= 0.6 is 46.3 Å². The molecule has 1 saturated heterocycles. The molecule has 0 bridgehead atoms.